The summed E-state index contributed by atoms with van der Waals surface area (Å²) in [6, 6.07) is 13.8. The SMILES string of the molecule is Cc1ccc(Cl)cc1NC(=O)CSc1nc2c(c(=O)n1CC(C)C)C1(CCCCC1)Cc1ccccc1-2. The molecule has 5 rings (SSSR count). The average Bonchev–Trinajstić information content (AvgIpc) is 2.87. The van der Waals surface area contributed by atoms with Crippen LogP contribution < -0.4 is 10.9 Å². The van der Waals surface area contributed by atoms with Crippen LogP contribution in [-0.2, 0) is 23.2 Å². The first-order valence-corrected chi connectivity index (χ1v) is 14.6. The standard InChI is InChI=1S/C30H34ClN3O2S/c1-19(2)17-34-28(36)26-27(23-10-6-5-9-21(23)16-30(26)13-7-4-8-14-30)33-29(34)37-18-25(35)32-24-15-22(31)12-11-20(24)3/h5-6,9-12,15,19H,4,7-8,13-14,16-18H2,1-3H3,(H,32,35). The molecule has 194 valence electrons. The molecule has 0 aliphatic heterocycles. The van der Waals surface area contributed by atoms with E-state index in [1.807, 2.05) is 23.6 Å². The van der Waals surface area contributed by atoms with Crippen LogP contribution in [0, 0.1) is 12.8 Å². The zero-order valence-corrected chi connectivity index (χ0v) is 23.3. The van der Waals surface area contributed by atoms with Gasteiger partial charge in [-0.25, -0.2) is 4.98 Å². The Kier molecular flexibility index (Phi) is 7.51. The number of benzene rings is 2. The average molecular weight is 536 g/mol. The van der Waals surface area contributed by atoms with E-state index in [1.165, 1.54) is 23.7 Å². The molecule has 0 radical (unpaired) electrons. The minimum absolute atomic E-state index is 0.0729. The summed E-state index contributed by atoms with van der Waals surface area (Å²) in [4.78, 5) is 32.3. The van der Waals surface area contributed by atoms with Crippen LogP contribution in [-0.4, -0.2) is 21.2 Å². The Morgan fingerprint density at radius 1 is 1.16 bits per heavy atom. The second kappa shape index (κ2) is 10.7. The first-order valence-electron chi connectivity index (χ1n) is 13.2. The van der Waals surface area contributed by atoms with Crippen molar-refractivity contribution in [1.82, 2.24) is 9.55 Å². The van der Waals surface area contributed by atoms with Gasteiger partial charge < -0.3 is 5.32 Å². The van der Waals surface area contributed by atoms with Crippen molar-refractivity contribution in [2.75, 3.05) is 11.1 Å². The van der Waals surface area contributed by atoms with Gasteiger partial charge >= 0.3 is 0 Å². The molecule has 7 heteroatoms. The van der Waals surface area contributed by atoms with E-state index in [1.54, 1.807) is 12.1 Å². The summed E-state index contributed by atoms with van der Waals surface area (Å²) in [6.07, 6.45) is 6.47. The number of aryl methyl sites for hydroxylation is 1. The molecule has 0 saturated heterocycles. The fourth-order valence-corrected chi connectivity index (χ4v) is 6.88. The maximum Gasteiger partial charge on any atom is 0.258 e. The quantitative estimate of drug-likeness (QED) is 0.272. The number of hydrogen-bond acceptors (Lipinski definition) is 4. The maximum atomic E-state index is 14.3. The van der Waals surface area contributed by atoms with E-state index >= 15 is 0 Å². The summed E-state index contributed by atoms with van der Waals surface area (Å²) >= 11 is 7.46. The largest absolute Gasteiger partial charge is 0.325 e. The molecule has 2 aliphatic rings. The van der Waals surface area contributed by atoms with Gasteiger partial charge in [-0.1, -0.05) is 86.8 Å². The number of hydrogen-bond donors (Lipinski definition) is 1. The lowest BCUT2D eigenvalue weighted by atomic mass is 9.62. The third-order valence-electron chi connectivity index (χ3n) is 7.63. The number of fused-ring (bicyclic) bond motifs is 4. The highest BCUT2D eigenvalue weighted by atomic mass is 35.5. The van der Waals surface area contributed by atoms with Gasteiger partial charge in [-0.2, -0.15) is 0 Å². The Balaban J connectivity index is 1.54. The maximum absolute atomic E-state index is 14.3. The number of halogens is 1. The molecule has 1 aromatic heterocycles. The van der Waals surface area contributed by atoms with E-state index in [9.17, 15) is 9.59 Å². The second-order valence-corrected chi connectivity index (χ2v) is 12.3. The van der Waals surface area contributed by atoms with Crippen molar-refractivity contribution in [2.45, 2.75) is 76.4 Å². The molecular weight excluding hydrogens is 502 g/mol. The summed E-state index contributed by atoms with van der Waals surface area (Å²) in [5.74, 6) is 0.280. The number of thioether (sulfide) groups is 1. The number of nitrogens with zero attached hydrogens (tertiary/aromatic N) is 2. The molecule has 0 unspecified atom stereocenters. The lowest BCUT2D eigenvalue weighted by Gasteiger charge is -2.42. The highest BCUT2D eigenvalue weighted by Crippen LogP contribution is 2.48. The van der Waals surface area contributed by atoms with E-state index in [0.717, 1.165) is 54.5 Å². The van der Waals surface area contributed by atoms with Gasteiger partial charge in [0, 0.05) is 28.2 Å². The zero-order valence-electron chi connectivity index (χ0n) is 21.8. The molecule has 5 nitrogen and oxygen atoms in total. The summed E-state index contributed by atoms with van der Waals surface area (Å²) in [6.45, 7) is 6.73. The fraction of sp³-hybridized carbons (Fsp3) is 0.433. The van der Waals surface area contributed by atoms with Crippen molar-refractivity contribution in [3.8, 4) is 11.3 Å². The van der Waals surface area contributed by atoms with Crippen molar-refractivity contribution in [2.24, 2.45) is 5.92 Å². The third kappa shape index (κ3) is 5.23. The topological polar surface area (TPSA) is 64.0 Å². The lowest BCUT2D eigenvalue weighted by Crippen LogP contribution is -2.43. The Morgan fingerprint density at radius 3 is 2.68 bits per heavy atom. The molecule has 37 heavy (non-hydrogen) atoms. The Labute approximate surface area is 228 Å². The van der Waals surface area contributed by atoms with Gasteiger partial charge in [-0.3, -0.25) is 14.2 Å². The normalized spacial score (nSPS) is 15.9. The van der Waals surface area contributed by atoms with Crippen molar-refractivity contribution in [1.29, 1.82) is 0 Å². The lowest BCUT2D eigenvalue weighted by molar-refractivity contribution is -0.113. The predicted octanol–water partition coefficient (Wildman–Crippen LogP) is 7.02. The van der Waals surface area contributed by atoms with Crippen LogP contribution >= 0.6 is 23.4 Å². The predicted molar refractivity (Wildman–Crippen MR) is 153 cm³/mol. The van der Waals surface area contributed by atoms with Crippen LogP contribution in [0.5, 0.6) is 0 Å². The number of rotatable bonds is 6. The first-order chi connectivity index (χ1) is 17.8. The van der Waals surface area contributed by atoms with Crippen molar-refractivity contribution < 1.29 is 4.79 Å². The van der Waals surface area contributed by atoms with Crippen molar-refractivity contribution in [3.63, 3.8) is 0 Å². The van der Waals surface area contributed by atoms with Gasteiger partial charge in [-0.15, -0.1) is 0 Å². The highest BCUT2D eigenvalue weighted by molar-refractivity contribution is 7.99. The molecule has 3 aromatic rings. The van der Waals surface area contributed by atoms with E-state index < -0.39 is 0 Å². The number of carbonyl (C=O) groups excluding carboxylic acids is 1. The summed E-state index contributed by atoms with van der Waals surface area (Å²) in [7, 11) is 0. The van der Waals surface area contributed by atoms with E-state index in [0.29, 0.717) is 22.4 Å². The van der Waals surface area contributed by atoms with Crippen LogP contribution in [0.1, 0.15) is 62.6 Å². The van der Waals surface area contributed by atoms with Gasteiger partial charge in [0.1, 0.15) is 0 Å². The third-order valence-corrected chi connectivity index (χ3v) is 8.84. The summed E-state index contributed by atoms with van der Waals surface area (Å²) in [5.41, 5.74) is 5.62. The Morgan fingerprint density at radius 2 is 1.92 bits per heavy atom. The van der Waals surface area contributed by atoms with Gasteiger partial charge in [-0.05, 0) is 55.4 Å². The van der Waals surface area contributed by atoms with Gasteiger partial charge in [0.15, 0.2) is 5.16 Å². The minimum atomic E-state index is -0.150. The number of aromatic nitrogens is 2. The minimum Gasteiger partial charge on any atom is -0.325 e. The van der Waals surface area contributed by atoms with Crippen LogP contribution in [0.3, 0.4) is 0 Å². The molecular formula is C30H34ClN3O2S. The fourth-order valence-electron chi connectivity index (χ4n) is 5.90. The molecule has 0 atom stereocenters. The van der Waals surface area contributed by atoms with Gasteiger partial charge in [0.05, 0.1) is 17.0 Å². The number of nitrogens with one attached hydrogen (secondary N) is 1. The van der Waals surface area contributed by atoms with Gasteiger partial charge in [0.2, 0.25) is 5.91 Å². The molecule has 2 aromatic carbocycles. The monoisotopic (exact) mass is 535 g/mol. The number of amides is 1. The van der Waals surface area contributed by atoms with Crippen molar-refractivity contribution in [3.05, 3.63) is 74.5 Å². The smallest absolute Gasteiger partial charge is 0.258 e. The Bertz CT molecular complexity index is 1390. The molecule has 1 amide bonds. The molecule has 2 aliphatic carbocycles. The number of anilines is 1. The zero-order chi connectivity index (χ0) is 26.2. The van der Waals surface area contributed by atoms with Crippen molar-refractivity contribution >= 4 is 35.0 Å². The van der Waals surface area contributed by atoms with Gasteiger partial charge in [0.25, 0.3) is 5.56 Å². The van der Waals surface area contributed by atoms with Crippen LogP contribution in [0.4, 0.5) is 5.69 Å². The summed E-state index contributed by atoms with van der Waals surface area (Å²) in [5, 5.41) is 4.15. The number of carbonyl (C=O) groups is 1. The summed E-state index contributed by atoms with van der Waals surface area (Å²) < 4.78 is 1.83. The highest BCUT2D eigenvalue weighted by Gasteiger charge is 2.43. The van der Waals surface area contributed by atoms with Crippen LogP contribution in [0.2, 0.25) is 5.02 Å². The second-order valence-electron chi connectivity index (χ2n) is 10.9. The molecule has 0 bridgehead atoms. The van der Waals surface area contributed by atoms with E-state index in [-0.39, 0.29) is 28.6 Å². The molecule has 1 N–H and O–H groups in total. The molecule has 1 fully saturated rings. The Hall–Kier alpha value is -2.57. The first kappa shape index (κ1) is 26.1. The molecule has 1 spiro atoms. The van der Waals surface area contributed by atoms with E-state index in [2.05, 4.69) is 37.4 Å². The molecule has 1 saturated carbocycles. The van der Waals surface area contributed by atoms with Crippen LogP contribution in [0.25, 0.3) is 11.3 Å². The molecule has 1 heterocycles. The van der Waals surface area contributed by atoms with Crippen LogP contribution in [0.15, 0.2) is 52.4 Å². The van der Waals surface area contributed by atoms with E-state index in [4.69, 9.17) is 16.6 Å².